The number of anilines is 1. The maximum atomic E-state index is 5.87. The Balaban J connectivity index is 2.62. The Kier molecular flexibility index (Phi) is 4.10. The van der Waals surface area contributed by atoms with Crippen molar-refractivity contribution in [2.24, 2.45) is 0 Å². The highest BCUT2D eigenvalue weighted by atomic mass is 35.5. The van der Waals surface area contributed by atoms with E-state index in [1.165, 1.54) is 0 Å². The molecule has 0 aliphatic carbocycles. The molecule has 1 rings (SSSR count). The second-order valence-corrected chi connectivity index (χ2v) is 3.60. The van der Waals surface area contributed by atoms with Gasteiger partial charge < -0.3 is 5.32 Å². The van der Waals surface area contributed by atoms with Crippen LogP contribution in [0.4, 0.5) is 5.69 Å². The molecule has 1 N–H and O–H groups in total. The molecule has 0 unspecified atom stereocenters. The summed E-state index contributed by atoms with van der Waals surface area (Å²) in [6.45, 7) is 4.37. The van der Waals surface area contributed by atoms with Crippen LogP contribution in [0, 0.1) is 0 Å². The lowest BCUT2D eigenvalue weighted by Gasteiger charge is -2.16. The molecule has 0 fully saturated rings. The summed E-state index contributed by atoms with van der Waals surface area (Å²) >= 11 is 5.87. The zero-order chi connectivity index (χ0) is 9.68. The van der Waals surface area contributed by atoms with E-state index in [0.29, 0.717) is 6.04 Å². The number of rotatable bonds is 4. The molecule has 72 valence electrons. The first kappa shape index (κ1) is 10.4. The highest BCUT2D eigenvalue weighted by molar-refractivity contribution is 6.30. The van der Waals surface area contributed by atoms with Gasteiger partial charge in [0, 0.05) is 16.8 Å². The third-order valence-electron chi connectivity index (χ3n) is 2.18. The van der Waals surface area contributed by atoms with Crippen molar-refractivity contribution in [3.05, 3.63) is 29.3 Å². The van der Waals surface area contributed by atoms with Gasteiger partial charge in [-0.1, -0.05) is 31.5 Å². The minimum Gasteiger partial charge on any atom is -0.382 e. The van der Waals surface area contributed by atoms with Gasteiger partial charge in [0.1, 0.15) is 0 Å². The normalized spacial score (nSPS) is 10.5. The van der Waals surface area contributed by atoms with Crippen LogP contribution in [-0.2, 0) is 0 Å². The molecule has 0 aliphatic rings. The third kappa shape index (κ3) is 3.27. The number of halogens is 1. The fourth-order valence-corrected chi connectivity index (χ4v) is 1.50. The van der Waals surface area contributed by atoms with Crippen molar-refractivity contribution in [1.82, 2.24) is 0 Å². The Morgan fingerprint density at radius 2 is 2.00 bits per heavy atom. The zero-order valence-electron chi connectivity index (χ0n) is 8.18. The summed E-state index contributed by atoms with van der Waals surface area (Å²) in [7, 11) is 0. The second-order valence-electron chi connectivity index (χ2n) is 3.17. The van der Waals surface area contributed by atoms with Crippen LogP contribution in [-0.4, -0.2) is 6.04 Å². The van der Waals surface area contributed by atoms with Gasteiger partial charge in [0.25, 0.3) is 0 Å². The molecule has 0 amide bonds. The van der Waals surface area contributed by atoms with E-state index in [1.807, 2.05) is 24.3 Å². The molecule has 0 saturated heterocycles. The standard InChI is InChI=1S/C11H16ClN/c1-3-10(4-2)13-11-7-5-6-9(12)8-11/h5-8,10,13H,3-4H2,1-2H3. The Morgan fingerprint density at radius 1 is 1.31 bits per heavy atom. The first-order valence-electron chi connectivity index (χ1n) is 4.78. The predicted octanol–water partition coefficient (Wildman–Crippen LogP) is 3.94. The Labute approximate surface area is 85.1 Å². The summed E-state index contributed by atoms with van der Waals surface area (Å²) < 4.78 is 0. The van der Waals surface area contributed by atoms with Crippen LogP contribution >= 0.6 is 11.6 Å². The fraction of sp³-hybridized carbons (Fsp3) is 0.455. The molecule has 0 aromatic heterocycles. The lowest BCUT2D eigenvalue weighted by atomic mass is 10.1. The molecule has 0 atom stereocenters. The number of benzene rings is 1. The van der Waals surface area contributed by atoms with E-state index in [1.54, 1.807) is 0 Å². The summed E-state index contributed by atoms with van der Waals surface area (Å²) in [5, 5.41) is 4.22. The molecule has 0 spiro atoms. The average molecular weight is 198 g/mol. The minimum atomic E-state index is 0.554. The molecule has 1 nitrogen and oxygen atoms in total. The SMILES string of the molecule is CCC(CC)Nc1cccc(Cl)c1. The second kappa shape index (κ2) is 5.13. The summed E-state index contributed by atoms with van der Waals surface area (Å²) in [5.74, 6) is 0. The number of hydrogen-bond acceptors (Lipinski definition) is 1. The number of hydrogen-bond donors (Lipinski definition) is 1. The molecule has 0 saturated carbocycles. The molecule has 0 radical (unpaired) electrons. The monoisotopic (exact) mass is 197 g/mol. The summed E-state index contributed by atoms with van der Waals surface area (Å²) in [6.07, 6.45) is 2.28. The summed E-state index contributed by atoms with van der Waals surface area (Å²) in [5.41, 5.74) is 1.11. The first-order chi connectivity index (χ1) is 6.26. The minimum absolute atomic E-state index is 0.554. The van der Waals surface area contributed by atoms with Gasteiger partial charge in [-0.2, -0.15) is 0 Å². The fourth-order valence-electron chi connectivity index (χ4n) is 1.31. The molecular formula is C11H16ClN. The van der Waals surface area contributed by atoms with E-state index in [2.05, 4.69) is 19.2 Å². The van der Waals surface area contributed by atoms with Crippen molar-refractivity contribution >= 4 is 17.3 Å². The quantitative estimate of drug-likeness (QED) is 0.771. The van der Waals surface area contributed by atoms with Gasteiger partial charge in [0.05, 0.1) is 0 Å². The molecule has 1 aromatic rings. The Hall–Kier alpha value is -0.690. The van der Waals surface area contributed by atoms with Crippen LogP contribution in [0.3, 0.4) is 0 Å². The Morgan fingerprint density at radius 3 is 2.54 bits per heavy atom. The molecular weight excluding hydrogens is 182 g/mol. The van der Waals surface area contributed by atoms with Crippen LogP contribution in [0.2, 0.25) is 5.02 Å². The molecule has 13 heavy (non-hydrogen) atoms. The van der Waals surface area contributed by atoms with Crippen molar-refractivity contribution in [2.75, 3.05) is 5.32 Å². The lowest BCUT2D eigenvalue weighted by Crippen LogP contribution is -2.16. The van der Waals surface area contributed by atoms with Gasteiger partial charge in [-0.3, -0.25) is 0 Å². The smallest absolute Gasteiger partial charge is 0.0426 e. The van der Waals surface area contributed by atoms with Crippen molar-refractivity contribution in [1.29, 1.82) is 0 Å². The van der Waals surface area contributed by atoms with Gasteiger partial charge >= 0.3 is 0 Å². The van der Waals surface area contributed by atoms with E-state index < -0.39 is 0 Å². The van der Waals surface area contributed by atoms with Crippen molar-refractivity contribution in [2.45, 2.75) is 32.7 Å². The van der Waals surface area contributed by atoms with Crippen molar-refractivity contribution < 1.29 is 0 Å². The van der Waals surface area contributed by atoms with Crippen LogP contribution < -0.4 is 5.32 Å². The van der Waals surface area contributed by atoms with E-state index in [-0.39, 0.29) is 0 Å². The van der Waals surface area contributed by atoms with E-state index in [9.17, 15) is 0 Å². The van der Waals surface area contributed by atoms with Gasteiger partial charge in [-0.05, 0) is 31.0 Å². The van der Waals surface area contributed by atoms with Crippen LogP contribution in [0.1, 0.15) is 26.7 Å². The first-order valence-corrected chi connectivity index (χ1v) is 5.16. The summed E-state index contributed by atoms with van der Waals surface area (Å²) in [4.78, 5) is 0. The molecule has 2 heteroatoms. The summed E-state index contributed by atoms with van der Waals surface area (Å²) in [6, 6.07) is 8.41. The average Bonchev–Trinajstić information content (AvgIpc) is 2.14. The topological polar surface area (TPSA) is 12.0 Å². The predicted molar refractivity (Wildman–Crippen MR) is 59.4 cm³/mol. The highest BCUT2D eigenvalue weighted by Crippen LogP contribution is 2.16. The van der Waals surface area contributed by atoms with E-state index in [0.717, 1.165) is 23.6 Å². The molecule has 0 bridgehead atoms. The maximum absolute atomic E-state index is 5.87. The molecule has 0 aliphatic heterocycles. The number of nitrogens with one attached hydrogen (secondary N) is 1. The third-order valence-corrected chi connectivity index (χ3v) is 2.42. The van der Waals surface area contributed by atoms with E-state index in [4.69, 9.17) is 11.6 Å². The van der Waals surface area contributed by atoms with Gasteiger partial charge in [0.2, 0.25) is 0 Å². The largest absolute Gasteiger partial charge is 0.382 e. The van der Waals surface area contributed by atoms with E-state index >= 15 is 0 Å². The van der Waals surface area contributed by atoms with Crippen molar-refractivity contribution in [3.63, 3.8) is 0 Å². The highest BCUT2D eigenvalue weighted by Gasteiger charge is 2.02. The Bertz CT molecular complexity index is 256. The van der Waals surface area contributed by atoms with Crippen LogP contribution in [0.5, 0.6) is 0 Å². The van der Waals surface area contributed by atoms with Crippen LogP contribution in [0.15, 0.2) is 24.3 Å². The van der Waals surface area contributed by atoms with Crippen LogP contribution in [0.25, 0.3) is 0 Å². The van der Waals surface area contributed by atoms with Gasteiger partial charge in [-0.25, -0.2) is 0 Å². The lowest BCUT2D eigenvalue weighted by molar-refractivity contribution is 0.672. The van der Waals surface area contributed by atoms with Crippen molar-refractivity contribution in [3.8, 4) is 0 Å². The molecule has 0 heterocycles. The zero-order valence-corrected chi connectivity index (χ0v) is 8.93. The van der Waals surface area contributed by atoms with Gasteiger partial charge in [0.15, 0.2) is 0 Å². The molecule has 1 aromatic carbocycles. The maximum Gasteiger partial charge on any atom is 0.0426 e. The van der Waals surface area contributed by atoms with Gasteiger partial charge in [-0.15, -0.1) is 0 Å².